The van der Waals surface area contributed by atoms with Crippen molar-refractivity contribution in [2.45, 2.75) is 25.3 Å². The van der Waals surface area contributed by atoms with Crippen LogP contribution in [0.2, 0.25) is 0 Å². The first-order chi connectivity index (χ1) is 10.2. The van der Waals surface area contributed by atoms with E-state index in [9.17, 15) is 4.79 Å². The zero-order valence-electron chi connectivity index (χ0n) is 12.1. The smallest absolute Gasteiger partial charge is 0.337 e. The van der Waals surface area contributed by atoms with Crippen molar-refractivity contribution < 1.29 is 14.6 Å². The number of rotatable bonds is 4. The van der Waals surface area contributed by atoms with E-state index in [1.807, 2.05) is 12.1 Å². The largest absolute Gasteiger partial charge is 0.465 e. The van der Waals surface area contributed by atoms with Crippen LogP contribution in [0.4, 0.5) is 5.69 Å². The number of carbonyl (C=O) groups is 1. The molecule has 0 bridgehead atoms. The van der Waals surface area contributed by atoms with Crippen LogP contribution in [0.25, 0.3) is 0 Å². The predicted octanol–water partition coefficient (Wildman–Crippen LogP) is 1.85. The molecule has 0 aliphatic carbocycles. The first-order valence-corrected chi connectivity index (χ1v) is 7.39. The number of ether oxygens (including phenoxy) is 1. The predicted molar refractivity (Wildman–Crippen MR) is 81.0 cm³/mol. The minimum atomic E-state index is -0.324. The third kappa shape index (κ3) is 2.53. The summed E-state index contributed by atoms with van der Waals surface area (Å²) in [4.78, 5) is 16.3. The Kier molecular flexibility index (Phi) is 3.92. The Morgan fingerprint density at radius 3 is 3.14 bits per heavy atom. The van der Waals surface area contributed by atoms with E-state index in [1.54, 1.807) is 6.07 Å². The fourth-order valence-electron chi connectivity index (χ4n) is 3.27. The summed E-state index contributed by atoms with van der Waals surface area (Å²) >= 11 is 0. The van der Waals surface area contributed by atoms with Gasteiger partial charge in [-0.1, -0.05) is 0 Å². The number of anilines is 1. The van der Waals surface area contributed by atoms with E-state index in [1.165, 1.54) is 7.11 Å². The Labute approximate surface area is 124 Å². The second-order valence-corrected chi connectivity index (χ2v) is 5.53. The Bertz CT molecular complexity index is 583. The van der Waals surface area contributed by atoms with Crippen LogP contribution in [-0.2, 0) is 4.74 Å². The summed E-state index contributed by atoms with van der Waals surface area (Å²) in [6.45, 7) is 1.05. The first-order valence-electron chi connectivity index (χ1n) is 7.39. The summed E-state index contributed by atoms with van der Waals surface area (Å²) in [7, 11) is 1.39. The number of nitrogens with one attached hydrogen (secondary N) is 1. The van der Waals surface area contributed by atoms with Gasteiger partial charge in [0, 0.05) is 42.1 Å². The molecule has 2 heterocycles. The summed E-state index contributed by atoms with van der Waals surface area (Å²) in [6.07, 6.45) is 2.75. The molecule has 0 aromatic heterocycles. The molecule has 0 spiro atoms. The fraction of sp³-hybridized carbons (Fsp3) is 0.500. The number of hydrogen-bond donors (Lipinski definition) is 2. The minimum Gasteiger partial charge on any atom is -0.465 e. The number of benzene rings is 1. The number of esters is 1. The summed E-state index contributed by atoms with van der Waals surface area (Å²) < 4.78 is 4.79. The summed E-state index contributed by atoms with van der Waals surface area (Å²) in [5, 5.41) is 12.6. The molecule has 0 fully saturated rings. The lowest BCUT2D eigenvalue weighted by Crippen LogP contribution is -2.38. The van der Waals surface area contributed by atoms with Gasteiger partial charge in [-0.15, -0.1) is 0 Å². The maximum Gasteiger partial charge on any atom is 0.337 e. The van der Waals surface area contributed by atoms with Gasteiger partial charge < -0.3 is 15.2 Å². The van der Waals surface area contributed by atoms with Crippen molar-refractivity contribution >= 4 is 17.4 Å². The standard InChI is InChI=1S/C16H20N2O3/c1-21-16(20)10-4-5-14-12(9-10)15-11(6-7-17-15)13(18-14)3-2-8-19/h4-5,9,11,13,18-19H,2-3,6-8H2,1H3/t11-,13-/m0/s1. The van der Waals surface area contributed by atoms with Crippen molar-refractivity contribution in [3.05, 3.63) is 29.3 Å². The van der Waals surface area contributed by atoms with Crippen LogP contribution in [-0.4, -0.2) is 43.1 Å². The van der Waals surface area contributed by atoms with Crippen molar-refractivity contribution in [1.82, 2.24) is 0 Å². The normalized spacial score (nSPS) is 22.9. The number of fused-ring (bicyclic) bond motifs is 3. The van der Waals surface area contributed by atoms with Crippen LogP contribution in [0.3, 0.4) is 0 Å². The molecule has 0 radical (unpaired) electrons. The SMILES string of the molecule is COC(=O)c1ccc2c(c1)C1=NCC[C@H]1[C@H](CCCO)N2. The number of aliphatic hydroxyl groups is 1. The van der Waals surface area contributed by atoms with Crippen molar-refractivity contribution in [3.8, 4) is 0 Å². The topological polar surface area (TPSA) is 70.9 Å². The molecule has 3 rings (SSSR count). The zero-order chi connectivity index (χ0) is 14.8. The molecule has 0 unspecified atom stereocenters. The number of methoxy groups -OCH3 is 1. The molecule has 2 N–H and O–H groups in total. The van der Waals surface area contributed by atoms with Crippen LogP contribution in [0.1, 0.15) is 35.2 Å². The van der Waals surface area contributed by atoms with E-state index in [0.29, 0.717) is 17.5 Å². The maximum absolute atomic E-state index is 11.7. The maximum atomic E-state index is 11.7. The van der Waals surface area contributed by atoms with Crippen molar-refractivity contribution in [2.75, 3.05) is 25.6 Å². The van der Waals surface area contributed by atoms with E-state index >= 15 is 0 Å². The van der Waals surface area contributed by atoms with E-state index < -0.39 is 0 Å². The van der Waals surface area contributed by atoms with E-state index in [4.69, 9.17) is 9.84 Å². The Morgan fingerprint density at radius 1 is 1.52 bits per heavy atom. The highest BCUT2D eigenvalue weighted by atomic mass is 16.5. The third-order valence-corrected chi connectivity index (χ3v) is 4.29. The third-order valence-electron chi connectivity index (χ3n) is 4.29. The molecule has 1 aromatic rings. The van der Waals surface area contributed by atoms with Crippen LogP contribution >= 0.6 is 0 Å². The molecule has 21 heavy (non-hydrogen) atoms. The molecule has 2 aliphatic rings. The molecule has 2 aliphatic heterocycles. The Morgan fingerprint density at radius 2 is 2.38 bits per heavy atom. The van der Waals surface area contributed by atoms with Gasteiger partial charge in [0.2, 0.25) is 0 Å². The van der Waals surface area contributed by atoms with Gasteiger partial charge in [-0.05, 0) is 37.5 Å². The van der Waals surface area contributed by atoms with Crippen LogP contribution in [0, 0.1) is 5.92 Å². The van der Waals surface area contributed by atoms with Crippen LogP contribution in [0.15, 0.2) is 23.2 Å². The average molecular weight is 288 g/mol. The van der Waals surface area contributed by atoms with Crippen molar-refractivity contribution in [2.24, 2.45) is 10.9 Å². The number of hydrogen-bond acceptors (Lipinski definition) is 5. The van der Waals surface area contributed by atoms with Crippen molar-refractivity contribution in [3.63, 3.8) is 0 Å². The zero-order valence-corrected chi connectivity index (χ0v) is 12.1. The van der Waals surface area contributed by atoms with E-state index in [2.05, 4.69) is 10.3 Å². The van der Waals surface area contributed by atoms with Gasteiger partial charge in [0.15, 0.2) is 0 Å². The highest BCUT2D eigenvalue weighted by molar-refractivity contribution is 6.10. The minimum absolute atomic E-state index is 0.214. The fourth-order valence-corrected chi connectivity index (χ4v) is 3.27. The first kappa shape index (κ1) is 14.1. The summed E-state index contributed by atoms with van der Waals surface area (Å²) in [5.74, 6) is 0.0484. The molecular formula is C16H20N2O3. The quantitative estimate of drug-likeness (QED) is 0.829. The molecular weight excluding hydrogens is 268 g/mol. The van der Waals surface area contributed by atoms with Gasteiger partial charge in [0.05, 0.1) is 12.7 Å². The van der Waals surface area contributed by atoms with Gasteiger partial charge in [0.1, 0.15) is 0 Å². The number of aliphatic imine (C=N–C) groups is 1. The van der Waals surface area contributed by atoms with E-state index in [0.717, 1.165) is 42.8 Å². The van der Waals surface area contributed by atoms with Crippen molar-refractivity contribution in [1.29, 1.82) is 0 Å². The van der Waals surface area contributed by atoms with Gasteiger partial charge in [-0.25, -0.2) is 4.79 Å². The molecule has 1 aromatic carbocycles. The Balaban J connectivity index is 1.94. The van der Waals surface area contributed by atoms with Gasteiger partial charge in [-0.2, -0.15) is 0 Å². The number of aliphatic hydroxyl groups excluding tert-OH is 1. The lowest BCUT2D eigenvalue weighted by molar-refractivity contribution is 0.0600. The van der Waals surface area contributed by atoms with Gasteiger partial charge in [-0.3, -0.25) is 4.99 Å². The van der Waals surface area contributed by atoms with Crippen LogP contribution < -0.4 is 5.32 Å². The summed E-state index contributed by atoms with van der Waals surface area (Å²) in [5.41, 5.74) is 3.68. The van der Waals surface area contributed by atoms with E-state index in [-0.39, 0.29) is 12.6 Å². The number of carbonyl (C=O) groups excluding carboxylic acids is 1. The van der Waals surface area contributed by atoms with Crippen LogP contribution in [0.5, 0.6) is 0 Å². The molecule has 0 saturated carbocycles. The molecule has 0 saturated heterocycles. The summed E-state index contributed by atoms with van der Waals surface area (Å²) in [6, 6.07) is 5.88. The molecule has 0 amide bonds. The highest BCUT2D eigenvalue weighted by Crippen LogP contribution is 2.36. The van der Waals surface area contributed by atoms with Gasteiger partial charge >= 0.3 is 5.97 Å². The monoisotopic (exact) mass is 288 g/mol. The second kappa shape index (κ2) is 5.85. The lowest BCUT2D eigenvalue weighted by atomic mass is 9.82. The molecule has 112 valence electrons. The number of nitrogens with zero attached hydrogens (tertiary/aromatic N) is 1. The lowest BCUT2D eigenvalue weighted by Gasteiger charge is -2.33. The highest BCUT2D eigenvalue weighted by Gasteiger charge is 2.35. The van der Waals surface area contributed by atoms with Gasteiger partial charge in [0.25, 0.3) is 0 Å². The molecule has 5 heteroatoms. The molecule has 5 nitrogen and oxygen atoms in total. The average Bonchev–Trinajstić information content (AvgIpc) is 3.01. The second-order valence-electron chi connectivity index (χ2n) is 5.53. The molecule has 2 atom stereocenters. The Hall–Kier alpha value is -1.88.